The zero-order valence-electron chi connectivity index (χ0n) is 18.8. The molecule has 0 aliphatic carbocycles. The molecule has 7 heteroatoms. The van der Waals surface area contributed by atoms with Crippen molar-refractivity contribution in [1.82, 2.24) is 24.6 Å². The Morgan fingerprint density at radius 3 is 2.37 bits per heavy atom. The Balaban J connectivity index is 1.84. The fourth-order valence-electron chi connectivity index (χ4n) is 4.08. The molecule has 164 valence electrons. The van der Waals surface area contributed by atoms with Crippen LogP contribution in [-0.4, -0.2) is 62.9 Å². The van der Waals surface area contributed by atoms with Gasteiger partial charge in [-0.1, -0.05) is 61.9 Å². The minimum atomic E-state index is -0.172. The van der Waals surface area contributed by atoms with Crippen molar-refractivity contribution in [1.29, 1.82) is 0 Å². The fourth-order valence-corrected chi connectivity index (χ4v) is 5.02. The van der Waals surface area contributed by atoms with Crippen molar-refractivity contribution >= 4 is 17.7 Å². The number of carbonyl (C=O) groups is 1. The second-order valence-corrected chi connectivity index (χ2v) is 9.61. The third-order valence-corrected chi connectivity index (χ3v) is 6.85. The van der Waals surface area contributed by atoms with Crippen LogP contribution in [0.3, 0.4) is 0 Å². The number of benzene rings is 1. The molecule has 2 atom stereocenters. The lowest BCUT2D eigenvalue weighted by atomic mass is 10.2. The van der Waals surface area contributed by atoms with Crippen LogP contribution in [0.15, 0.2) is 35.5 Å². The third kappa shape index (κ3) is 5.64. The van der Waals surface area contributed by atoms with Gasteiger partial charge >= 0.3 is 0 Å². The number of nitrogens with zero attached hydrogens (tertiary/aromatic N) is 5. The molecule has 0 unspecified atom stereocenters. The Morgan fingerprint density at radius 2 is 1.77 bits per heavy atom. The van der Waals surface area contributed by atoms with Crippen LogP contribution in [-0.2, 0) is 11.3 Å². The lowest BCUT2D eigenvalue weighted by molar-refractivity contribution is -0.130. The average molecular weight is 430 g/mol. The molecule has 2 heterocycles. The number of aromatic nitrogens is 3. The summed E-state index contributed by atoms with van der Waals surface area (Å²) < 4.78 is 2.19. The molecule has 1 aromatic carbocycles. The molecule has 1 fully saturated rings. The molecule has 1 amide bonds. The number of thioether (sulfide) groups is 1. The standard InChI is InChI=1S/C23H35N5OS/c1-5-20(26(3)4)21-24-25-23(28(21)17-19-13-9-8-10-14-19)30-18(2)22(29)27-15-11-6-7-12-16-27/h8-10,13-14,18,20H,5-7,11-12,15-17H2,1-4H3/t18-,20+/m1/s1. The maximum absolute atomic E-state index is 13.1. The highest BCUT2D eigenvalue weighted by atomic mass is 32.2. The highest BCUT2D eigenvalue weighted by Crippen LogP contribution is 2.29. The normalized spacial score (nSPS) is 17.0. The molecule has 2 aromatic rings. The summed E-state index contributed by atoms with van der Waals surface area (Å²) in [4.78, 5) is 17.3. The molecule has 0 spiro atoms. The first-order valence-electron chi connectivity index (χ1n) is 11.1. The van der Waals surface area contributed by atoms with Gasteiger partial charge in [0.25, 0.3) is 0 Å². The molecule has 1 aliphatic rings. The van der Waals surface area contributed by atoms with Gasteiger partial charge in [-0.25, -0.2) is 0 Å². The number of hydrogen-bond acceptors (Lipinski definition) is 5. The molecular weight excluding hydrogens is 394 g/mol. The molecule has 1 aliphatic heterocycles. The lowest BCUT2D eigenvalue weighted by Gasteiger charge is -2.25. The topological polar surface area (TPSA) is 54.3 Å². The summed E-state index contributed by atoms with van der Waals surface area (Å²) in [5.74, 6) is 1.18. The molecule has 1 saturated heterocycles. The van der Waals surface area contributed by atoms with Gasteiger partial charge in [0.1, 0.15) is 0 Å². The van der Waals surface area contributed by atoms with Crippen molar-refractivity contribution in [3.8, 4) is 0 Å². The van der Waals surface area contributed by atoms with Crippen LogP contribution in [0.5, 0.6) is 0 Å². The lowest BCUT2D eigenvalue weighted by Crippen LogP contribution is -2.37. The first kappa shape index (κ1) is 22.8. The monoisotopic (exact) mass is 429 g/mol. The summed E-state index contributed by atoms with van der Waals surface area (Å²) in [5.41, 5.74) is 1.21. The van der Waals surface area contributed by atoms with Gasteiger partial charge in [-0.3, -0.25) is 9.69 Å². The minimum absolute atomic E-state index is 0.172. The molecule has 3 rings (SSSR count). The van der Waals surface area contributed by atoms with Crippen LogP contribution in [0.4, 0.5) is 0 Å². The highest BCUT2D eigenvalue weighted by molar-refractivity contribution is 8.00. The highest BCUT2D eigenvalue weighted by Gasteiger charge is 2.27. The van der Waals surface area contributed by atoms with E-state index in [4.69, 9.17) is 0 Å². The summed E-state index contributed by atoms with van der Waals surface area (Å²) in [6.07, 6.45) is 5.62. The van der Waals surface area contributed by atoms with E-state index in [0.717, 1.165) is 43.3 Å². The Morgan fingerprint density at radius 1 is 1.10 bits per heavy atom. The van der Waals surface area contributed by atoms with Gasteiger partial charge in [0.05, 0.1) is 17.8 Å². The van der Waals surface area contributed by atoms with Gasteiger partial charge in [-0.15, -0.1) is 10.2 Å². The summed E-state index contributed by atoms with van der Waals surface area (Å²) in [7, 11) is 4.15. The predicted molar refractivity (Wildman–Crippen MR) is 123 cm³/mol. The first-order valence-corrected chi connectivity index (χ1v) is 12.0. The number of carbonyl (C=O) groups excluding carboxylic acids is 1. The maximum atomic E-state index is 13.1. The van der Waals surface area contributed by atoms with Crippen molar-refractivity contribution < 1.29 is 4.79 Å². The van der Waals surface area contributed by atoms with E-state index in [2.05, 4.69) is 64.9 Å². The summed E-state index contributed by atoms with van der Waals surface area (Å²) in [6.45, 7) is 6.64. The van der Waals surface area contributed by atoms with Gasteiger partial charge < -0.3 is 9.47 Å². The number of hydrogen-bond donors (Lipinski definition) is 0. The predicted octanol–water partition coefficient (Wildman–Crippen LogP) is 4.22. The second kappa shape index (κ2) is 11.0. The van der Waals surface area contributed by atoms with Crippen molar-refractivity contribution in [2.24, 2.45) is 0 Å². The molecule has 1 aromatic heterocycles. The van der Waals surface area contributed by atoms with Gasteiger partial charge in [0, 0.05) is 13.1 Å². The van der Waals surface area contributed by atoms with Gasteiger partial charge in [-0.2, -0.15) is 0 Å². The summed E-state index contributed by atoms with van der Waals surface area (Å²) in [6, 6.07) is 10.6. The van der Waals surface area contributed by atoms with Crippen LogP contribution in [0, 0.1) is 0 Å². The van der Waals surface area contributed by atoms with Gasteiger partial charge in [0.15, 0.2) is 11.0 Å². The van der Waals surface area contributed by atoms with E-state index in [1.54, 1.807) is 0 Å². The van der Waals surface area contributed by atoms with Crippen LogP contribution < -0.4 is 0 Å². The van der Waals surface area contributed by atoms with E-state index in [0.29, 0.717) is 6.54 Å². The minimum Gasteiger partial charge on any atom is -0.342 e. The van der Waals surface area contributed by atoms with Crippen molar-refractivity contribution in [2.75, 3.05) is 27.2 Å². The maximum Gasteiger partial charge on any atom is 0.235 e. The number of rotatable bonds is 8. The van der Waals surface area contributed by atoms with Crippen molar-refractivity contribution in [2.45, 2.75) is 68.9 Å². The van der Waals surface area contributed by atoms with Crippen LogP contribution in [0.1, 0.15) is 63.4 Å². The van der Waals surface area contributed by atoms with Gasteiger partial charge in [-0.05, 0) is 45.8 Å². The van der Waals surface area contributed by atoms with E-state index >= 15 is 0 Å². The summed E-state index contributed by atoms with van der Waals surface area (Å²) in [5, 5.41) is 9.75. The van der Waals surface area contributed by atoms with Crippen molar-refractivity contribution in [3.05, 3.63) is 41.7 Å². The Labute approximate surface area is 185 Å². The van der Waals surface area contributed by atoms with E-state index in [-0.39, 0.29) is 17.2 Å². The molecule has 6 nitrogen and oxygen atoms in total. The quantitative estimate of drug-likeness (QED) is 0.588. The molecule has 0 N–H and O–H groups in total. The SMILES string of the molecule is CC[C@@H](c1nnc(S[C@H](C)C(=O)N2CCCCCC2)n1Cc1ccccc1)N(C)C. The summed E-state index contributed by atoms with van der Waals surface area (Å²) >= 11 is 1.54. The van der Waals surface area contributed by atoms with Gasteiger partial charge in [0.2, 0.25) is 5.91 Å². The van der Waals surface area contributed by atoms with Crippen molar-refractivity contribution in [3.63, 3.8) is 0 Å². The number of likely N-dealkylation sites (tertiary alicyclic amines) is 1. The first-order chi connectivity index (χ1) is 14.5. The Hall–Kier alpha value is -1.86. The van der Waals surface area contributed by atoms with Crippen LogP contribution in [0.25, 0.3) is 0 Å². The zero-order valence-corrected chi connectivity index (χ0v) is 19.6. The van der Waals surface area contributed by atoms with Crippen LogP contribution in [0.2, 0.25) is 0 Å². The second-order valence-electron chi connectivity index (χ2n) is 8.30. The third-order valence-electron chi connectivity index (χ3n) is 5.78. The Kier molecular flexibility index (Phi) is 8.33. The van der Waals surface area contributed by atoms with E-state index in [1.165, 1.54) is 30.2 Å². The molecule has 0 bridgehead atoms. The molecule has 0 radical (unpaired) electrons. The smallest absolute Gasteiger partial charge is 0.235 e. The molecule has 30 heavy (non-hydrogen) atoms. The molecular formula is C23H35N5OS. The zero-order chi connectivity index (χ0) is 21.5. The fraction of sp³-hybridized carbons (Fsp3) is 0.609. The largest absolute Gasteiger partial charge is 0.342 e. The van der Waals surface area contributed by atoms with E-state index in [1.807, 2.05) is 17.9 Å². The molecule has 0 saturated carbocycles. The van der Waals surface area contributed by atoms with E-state index < -0.39 is 0 Å². The average Bonchev–Trinajstić information content (AvgIpc) is 2.95. The Bertz CT molecular complexity index is 799. The number of amides is 1. The van der Waals surface area contributed by atoms with Crippen LogP contribution >= 0.6 is 11.8 Å². The van der Waals surface area contributed by atoms with E-state index in [9.17, 15) is 4.79 Å².